The van der Waals surface area contributed by atoms with E-state index in [0.29, 0.717) is 30.9 Å². The summed E-state index contributed by atoms with van der Waals surface area (Å²) >= 11 is 0. The molecule has 0 radical (unpaired) electrons. The Kier molecular flexibility index (Phi) is 9.58. The third kappa shape index (κ3) is 6.78. The predicted molar refractivity (Wildman–Crippen MR) is 130 cm³/mol. The summed E-state index contributed by atoms with van der Waals surface area (Å²) in [6, 6.07) is 7.73. The molecule has 4 N–H and O–H groups in total. The van der Waals surface area contributed by atoms with Gasteiger partial charge in [-0.1, -0.05) is 24.3 Å². The lowest BCUT2D eigenvalue weighted by atomic mass is 10.0. The van der Waals surface area contributed by atoms with Crippen LogP contribution in [0.5, 0.6) is 6.01 Å². The minimum absolute atomic E-state index is 0.0479. The van der Waals surface area contributed by atoms with Crippen molar-refractivity contribution in [1.29, 1.82) is 0 Å². The highest BCUT2D eigenvalue weighted by atomic mass is 16.6. The van der Waals surface area contributed by atoms with Crippen molar-refractivity contribution in [2.45, 2.75) is 18.9 Å². The van der Waals surface area contributed by atoms with Crippen molar-refractivity contribution in [3.05, 3.63) is 45.9 Å². The molecule has 1 aromatic carbocycles. The number of methoxy groups -OCH3 is 2. The Morgan fingerprint density at radius 3 is 2.63 bits per heavy atom. The van der Waals surface area contributed by atoms with Gasteiger partial charge in [0.15, 0.2) is 11.5 Å². The number of carbonyl (C=O) groups excluding carboxylic acids is 1. The van der Waals surface area contributed by atoms with Gasteiger partial charge in [0.2, 0.25) is 0 Å². The minimum Gasteiger partial charge on any atom is -0.467 e. The fourth-order valence-electron chi connectivity index (χ4n) is 3.62. The fourth-order valence-corrected chi connectivity index (χ4v) is 3.62. The summed E-state index contributed by atoms with van der Waals surface area (Å²) in [5.74, 6) is -0.260. The van der Waals surface area contributed by atoms with Crippen molar-refractivity contribution >= 4 is 23.0 Å². The first-order valence-electron chi connectivity index (χ1n) is 11.3. The van der Waals surface area contributed by atoms with Gasteiger partial charge in [0.1, 0.15) is 18.7 Å². The number of aryl methyl sites for hydroxylation is 1. The van der Waals surface area contributed by atoms with Crippen LogP contribution in [0.25, 0.3) is 11.2 Å². The number of likely N-dealkylation sites (N-methyl/N-ethyl adjacent to an activating group) is 1. The van der Waals surface area contributed by atoms with E-state index in [1.54, 1.807) is 11.7 Å². The summed E-state index contributed by atoms with van der Waals surface area (Å²) in [6.45, 7) is 1.52. The standard InChI is InChI=1S/C23H32N6O6/c1-25-13-17(16-8-6-15(7-9-16)5-4-10-34-14-18(30)33-3)29-21-19(26-23(29)31)20(24)27-22(28-21)35-12-11-32-2/h6-9,17,25H,4-5,10-14H2,1-3H3,(H,26,31)(H2,24,27,28). The number of imidazole rings is 1. The van der Waals surface area contributed by atoms with Crippen molar-refractivity contribution in [2.75, 3.05) is 60.0 Å². The van der Waals surface area contributed by atoms with Crippen LogP contribution in [-0.2, 0) is 25.4 Å². The number of nitrogens with zero attached hydrogens (tertiary/aromatic N) is 3. The molecule has 0 bridgehead atoms. The Balaban J connectivity index is 1.80. The summed E-state index contributed by atoms with van der Waals surface area (Å²) < 4.78 is 21.9. The number of aromatic nitrogens is 4. The van der Waals surface area contributed by atoms with E-state index in [0.717, 1.165) is 24.0 Å². The van der Waals surface area contributed by atoms with E-state index in [2.05, 4.69) is 25.0 Å². The van der Waals surface area contributed by atoms with Crippen molar-refractivity contribution in [3.63, 3.8) is 0 Å². The molecule has 0 saturated heterocycles. The van der Waals surface area contributed by atoms with Crippen molar-refractivity contribution in [3.8, 4) is 6.01 Å². The minimum atomic E-state index is -0.391. The average molecular weight is 489 g/mol. The van der Waals surface area contributed by atoms with E-state index in [9.17, 15) is 9.59 Å². The highest BCUT2D eigenvalue weighted by Crippen LogP contribution is 2.24. The molecule has 0 spiro atoms. The van der Waals surface area contributed by atoms with E-state index in [-0.39, 0.29) is 36.8 Å². The second kappa shape index (κ2) is 12.8. The first kappa shape index (κ1) is 26.1. The number of benzene rings is 1. The van der Waals surface area contributed by atoms with Gasteiger partial charge < -0.3 is 35.0 Å². The van der Waals surface area contributed by atoms with Crippen LogP contribution in [0.2, 0.25) is 0 Å². The number of hydrogen-bond acceptors (Lipinski definition) is 10. The van der Waals surface area contributed by atoms with Crippen LogP contribution in [0.15, 0.2) is 29.1 Å². The van der Waals surface area contributed by atoms with Crippen LogP contribution >= 0.6 is 0 Å². The molecule has 0 aliphatic heterocycles. The highest BCUT2D eigenvalue weighted by Gasteiger charge is 2.22. The van der Waals surface area contributed by atoms with E-state index in [4.69, 9.17) is 19.9 Å². The second-order valence-corrected chi connectivity index (χ2v) is 7.78. The topological polar surface area (TPSA) is 156 Å². The Morgan fingerprint density at radius 2 is 1.94 bits per heavy atom. The Morgan fingerprint density at radius 1 is 1.17 bits per heavy atom. The third-order valence-electron chi connectivity index (χ3n) is 5.37. The van der Waals surface area contributed by atoms with Crippen LogP contribution < -0.4 is 21.5 Å². The number of nitrogens with two attached hydrogens (primary N) is 1. The molecule has 0 aliphatic rings. The lowest BCUT2D eigenvalue weighted by Crippen LogP contribution is -2.30. The van der Waals surface area contributed by atoms with Crippen LogP contribution in [0.1, 0.15) is 23.6 Å². The second-order valence-electron chi connectivity index (χ2n) is 7.78. The van der Waals surface area contributed by atoms with Gasteiger partial charge >= 0.3 is 17.7 Å². The number of esters is 1. The normalized spacial score (nSPS) is 12.1. The number of aromatic amines is 1. The predicted octanol–water partition coefficient (Wildman–Crippen LogP) is 0.658. The first-order chi connectivity index (χ1) is 17.0. The summed E-state index contributed by atoms with van der Waals surface area (Å²) in [5, 5.41) is 3.14. The van der Waals surface area contributed by atoms with Gasteiger partial charge in [-0.25, -0.2) is 9.59 Å². The Labute approximate surface area is 202 Å². The maximum atomic E-state index is 12.9. The largest absolute Gasteiger partial charge is 0.467 e. The molecular formula is C23H32N6O6. The van der Waals surface area contributed by atoms with Crippen LogP contribution in [-0.4, -0.2) is 79.7 Å². The van der Waals surface area contributed by atoms with Crippen LogP contribution in [0.3, 0.4) is 0 Å². The molecular weight excluding hydrogens is 456 g/mol. The summed E-state index contributed by atoms with van der Waals surface area (Å²) in [7, 11) is 4.72. The number of anilines is 1. The Bertz CT molecular complexity index is 1160. The van der Waals surface area contributed by atoms with Crippen molar-refractivity contribution < 1.29 is 23.7 Å². The van der Waals surface area contributed by atoms with E-state index < -0.39 is 5.97 Å². The maximum Gasteiger partial charge on any atom is 0.331 e. The number of rotatable bonds is 14. The van der Waals surface area contributed by atoms with Crippen LogP contribution in [0, 0.1) is 0 Å². The number of fused-ring (bicyclic) bond motifs is 1. The molecule has 0 fully saturated rings. The highest BCUT2D eigenvalue weighted by molar-refractivity contribution is 5.82. The van der Waals surface area contributed by atoms with Gasteiger partial charge in [-0.05, 0) is 31.0 Å². The molecule has 1 unspecified atom stereocenters. The smallest absolute Gasteiger partial charge is 0.331 e. The van der Waals surface area contributed by atoms with Gasteiger partial charge in [-0.15, -0.1) is 0 Å². The van der Waals surface area contributed by atoms with Crippen molar-refractivity contribution in [2.24, 2.45) is 0 Å². The molecule has 3 rings (SSSR count). The van der Waals surface area contributed by atoms with Gasteiger partial charge in [0, 0.05) is 20.3 Å². The molecule has 12 nitrogen and oxygen atoms in total. The number of nitrogens with one attached hydrogen (secondary N) is 2. The third-order valence-corrected chi connectivity index (χ3v) is 5.37. The molecule has 1 atom stereocenters. The lowest BCUT2D eigenvalue weighted by Gasteiger charge is -2.19. The average Bonchev–Trinajstić information content (AvgIpc) is 3.19. The molecule has 2 heterocycles. The summed E-state index contributed by atoms with van der Waals surface area (Å²) in [6.07, 6.45) is 1.55. The van der Waals surface area contributed by atoms with E-state index in [1.807, 2.05) is 31.3 Å². The molecule has 0 saturated carbocycles. The molecule has 190 valence electrons. The quantitative estimate of drug-likeness (QED) is 0.218. The zero-order chi connectivity index (χ0) is 25.2. The maximum absolute atomic E-state index is 12.9. The van der Waals surface area contributed by atoms with Crippen LogP contribution in [0.4, 0.5) is 5.82 Å². The number of H-pyrrole nitrogens is 1. The number of hydrogen-bond donors (Lipinski definition) is 3. The number of ether oxygens (including phenoxy) is 4. The van der Waals surface area contributed by atoms with E-state index >= 15 is 0 Å². The van der Waals surface area contributed by atoms with Gasteiger partial charge in [0.05, 0.1) is 19.8 Å². The molecule has 35 heavy (non-hydrogen) atoms. The number of nitrogen functional groups attached to an aromatic ring is 1. The van der Waals surface area contributed by atoms with E-state index in [1.165, 1.54) is 7.11 Å². The van der Waals surface area contributed by atoms with Gasteiger partial charge in [-0.3, -0.25) is 4.57 Å². The Hall–Kier alpha value is -3.48. The lowest BCUT2D eigenvalue weighted by molar-refractivity contribution is -0.145. The molecule has 3 aromatic rings. The van der Waals surface area contributed by atoms with Gasteiger partial charge in [0.25, 0.3) is 0 Å². The SMILES string of the molecule is CNCC(c1ccc(CCCOCC(=O)OC)cc1)n1c(=O)[nH]c2c(N)nc(OCCOC)nc21. The monoisotopic (exact) mass is 488 g/mol. The first-order valence-corrected chi connectivity index (χ1v) is 11.3. The number of carbonyl (C=O) groups is 1. The fraction of sp³-hybridized carbons (Fsp3) is 0.478. The molecule has 0 amide bonds. The zero-order valence-corrected chi connectivity index (χ0v) is 20.2. The molecule has 0 aliphatic carbocycles. The van der Waals surface area contributed by atoms with Crippen molar-refractivity contribution in [1.82, 2.24) is 24.8 Å². The molecule has 2 aromatic heterocycles. The summed E-state index contributed by atoms with van der Waals surface area (Å²) in [5.41, 5.74) is 8.49. The zero-order valence-electron chi connectivity index (χ0n) is 20.2. The molecule has 12 heteroatoms. The summed E-state index contributed by atoms with van der Waals surface area (Å²) in [4.78, 5) is 35.4. The van der Waals surface area contributed by atoms with Gasteiger partial charge in [-0.2, -0.15) is 9.97 Å².